The molecule has 0 amide bonds. The van der Waals surface area contributed by atoms with E-state index in [2.05, 4.69) is 43.8 Å². The molecule has 0 aliphatic rings. The zero-order valence-electron chi connectivity index (χ0n) is 8.68. The van der Waals surface area contributed by atoms with E-state index in [9.17, 15) is 4.39 Å². The monoisotopic (exact) mass is 406 g/mol. The molecule has 0 unspecified atom stereocenters. The van der Waals surface area contributed by atoms with Crippen molar-refractivity contribution >= 4 is 55.6 Å². The van der Waals surface area contributed by atoms with Crippen LogP contribution in [0.1, 0.15) is 0 Å². The number of hydrogen-bond acceptors (Lipinski definition) is 2. The maximum Gasteiger partial charge on any atom is 0.146 e. The summed E-state index contributed by atoms with van der Waals surface area (Å²) < 4.78 is 15.4. The topological polar surface area (TPSA) is 38.0 Å². The average Bonchev–Trinajstić information content (AvgIpc) is 2.27. The molecule has 0 bridgehead atoms. The molecular formula is C12H9BrFIN2. The standard InChI is InChI=1S/C12H9BrFIN2/c13-7-1-3-9(14)12(5-7)17-11-4-2-8(15)6-10(11)16/h1-6,17H,16H2. The van der Waals surface area contributed by atoms with Crippen molar-refractivity contribution in [3.63, 3.8) is 0 Å². The molecule has 0 heterocycles. The second-order valence-corrected chi connectivity index (χ2v) is 5.64. The molecule has 0 spiro atoms. The Hall–Kier alpha value is -0.820. The lowest BCUT2D eigenvalue weighted by Gasteiger charge is -2.10. The number of anilines is 3. The van der Waals surface area contributed by atoms with Crippen LogP contribution in [-0.4, -0.2) is 0 Å². The van der Waals surface area contributed by atoms with Crippen LogP contribution in [0.5, 0.6) is 0 Å². The summed E-state index contributed by atoms with van der Waals surface area (Å²) in [7, 11) is 0. The van der Waals surface area contributed by atoms with Crippen molar-refractivity contribution in [2.75, 3.05) is 11.1 Å². The molecule has 2 aromatic carbocycles. The Balaban J connectivity index is 2.34. The molecule has 3 N–H and O–H groups in total. The second-order valence-electron chi connectivity index (χ2n) is 3.48. The first-order valence-electron chi connectivity index (χ1n) is 4.83. The Kier molecular flexibility index (Phi) is 3.88. The number of hydrogen-bond donors (Lipinski definition) is 2. The number of nitrogens with one attached hydrogen (secondary N) is 1. The Labute approximate surface area is 121 Å². The molecule has 88 valence electrons. The van der Waals surface area contributed by atoms with E-state index in [0.29, 0.717) is 17.1 Å². The fourth-order valence-electron chi connectivity index (χ4n) is 1.39. The summed E-state index contributed by atoms with van der Waals surface area (Å²) in [4.78, 5) is 0. The zero-order chi connectivity index (χ0) is 12.4. The van der Waals surface area contributed by atoms with Crippen LogP contribution in [0, 0.1) is 9.39 Å². The molecule has 2 aromatic rings. The van der Waals surface area contributed by atoms with Gasteiger partial charge in [-0.05, 0) is 59.0 Å². The van der Waals surface area contributed by atoms with Crippen molar-refractivity contribution < 1.29 is 4.39 Å². The van der Waals surface area contributed by atoms with Gasteiger partial charge in [-0.3, -0.25) is 0 Å². The van der Waals surface area contributed by atoms with Gasteiger partial charge in [-0.25, -0.2) is 4.39 Å². The highest BCUT2D eigenvalue weighted by Crippen LogP contribution is 2.28. The third-order valence-corrected chi connectivity index (χ3v) is 3.38. The molecule has 5 heteroatoms. The maximum atomic E-state index is 13.5. The third-order valence-electron chi connectivity index (χ3n) is 2.21. The van der Waals surface area contributed by atoms with E-state index < -0.39 is 0 Å². The number of halogens is 3. The number of nitrogen functional groups attached to an aromatic ring is 1. The summed E-state index contributed by atoms with van der Waals surface area (Å²) in [6.45, 7) is 0. The van der Waals surface area contributed by atoms with Gasteiger partial charge in [0.15, 0.2) is 0 Å². The second kappa shape index (κ2) is 5.22. The zero-order valence-corrected chi connectivity index (χ0v) is 12.4. The van der Waals surface area contributed by atoms with Crippen LogP contribution in [0.15, 0.2) is 40.9 Å². The molecule has 2 nitrogen and oxygen atoms in total. The van der Waals surface area contributed by atoms with Gasteiger partial charge in [-0.1, -0.05) is 15.9 Å². The Morgan fingerprint density at radius 2 is 1.88 bits per heavy atom. The van der Waals surface area contributed by atoms with Crippen molar-refractivity contribution in [3.8, 4) is 0 Å². The van der Waals surface area contributed by atoms with E-state index in [4.69, 9.17) is 5.73 Å². The summed E-state index contributed by atoms with van der Waals surface area (Å²) in [5.41, 5.74) is 7.54. The first-order valence-corrected chi connectivity index (χ1v) is 6.70. The van der Waals surface area contributed by atoms with Crippen LogP contribution in [0.25, 0.3) is 0 Å². The predicted octanol–water partition coefficient (Wildman–Crippen LogP) is 4.52. The molecule has 0 saturated carbocycles. The van der Waals surface area contributed by atoms with Crippen LogP contribution in [0.2, 0.25) is 0 Å². The molecule has 0 saturated heterocycles. The molecular weight excluding hydrogens is 398 g/mol. The Morgan fingerprint density at radius 3 is 2.59 bits per heavy atom. The van der Waals surface area contributed by atoms with Gasteiger partial charge in [-0.15, -0.1) is 0 Å². The van der Waals surface area contributed by atoms with E-state index in [1.165, 1.54) is 6.07 Å². The van der Waals surface area contributed by atoms with E-state index in [-0.39, 0.29) is 5.82 Å². The van der Waals surface area contributed by atoms with Gasteiger partial charge in [-0.2, -0.15) is 0 Å². The fourth-order valence-corrected chi connectivity index (χ4v) is 2.26. The highest BCUT2D eigenvalue weighted by molar-refractivity contribution is 14.1. The fraction of sp³-hybridized carbons (Fsp3) is 0. The van der Waals surface area contributed by atoms with Crippen molar-refractivity contribution in [2.24, 2.45) is 0 Å². The largest absolute Gasteiger partial charge is 0.397 e. The molecule has 0 atom stereocenters. The Morgan fingerprint density at radius 1 is 1.12 bits per heavy atom. The van der Waals surface area contributed by atoms with Gasteiger partial charge in [0.1, 0.15) is 5.82 Å². The van der Waals surface area contributed by atoms with E-state index in [1.54, 1.807) is 12.1 Å². The van der Waals surface area contributed by atoms with Crippen LogP contribution in [0.3, 0.4) is 0 Å². The first kappa shape index (κ1) is 12.6. The molecule has 2 rings (SSSR count). The minimum absolute atomic E-state index is 0.314. The van der Waals surface area contributed by atoms with Crippen LogP contribution < -0.4 is 11.1 Å². The normalized spacial score (nSPS) is 10.3. The number of rotatable bonds is 2. The van der Waals surface area contributed by atoms with Crippen molar-refractivity contribution in [3.05, 3.63) is 50.3 Å². The minimum Gasteiger partial charge on any atom is -0.397 e. The van der Waals surface area contributed by atoms with Crippen LogP contribution >= 0.6 is 38.5 Å². The smallest absolute Gasteiger partial charge is 0.146 e. The summed E-state index contributed by atoms with van der Waals surface area (Å²) in [6.07, 6.45) is 0. The lowest BCUT2D eigenvalue weighted by molar-refractivity contribution is 0.631. The Bertz CT molecular complexity index is 560. The van der Waals surface area contributed by atoms with Gasteiger partial charge < -0.3 is 11.1 Å². The maximum absolute atomic E-state index is 13.5. The number of benzene rings is 2. The van der Waals surface area contributed by atoms with Crippen molar-refractivity contribution in [1.29, 1.82) is 0 Å². The van der Waals surface area contributed by atoms with Gasteiger partial charge in [0.25, 0.3) is 0 Å². The van der Waals surface area contributed by atoms with Crippen LogP contribution in [0.4, 0.5) is 21.5 Å². The van der Waals surface area contributed by atoms with E-state index >= 15 is 0 Å². The molecule has 17 heavy (non-hydrogen) atoms. The molecule has 0 aliphatic heterocycles. The van der Waals surface area contributed by atoms with Gasteiger partial charge in [0.2, 0.25) is 0 Å². The quantitative estimate of drug-likeness (QED) is 0.568. The SMILES string of the molecule is Nc1cc(I)ccc1Nc1cc(Br)ccc1F. The molecule has 0 aromatic heterocycles. The van der Waals surface area contributed by atoms with Gasteiger partial charge in [0.05, 0.1) is 17.1 Å². The predicted molar refractivity (Wildman–Crippen MR) is 81.0 cm³/mol. The summed E-state index contributed by atoms with van der Waals surface area (Å²) in [5, 5.41) is 2.98. The number of nitrogens with two attached hydrogens (primary N) is 1. The first-order chi connectivity index (χ1) is 8.06. The highest BCUT2D eigenvalue weighted by Gasteiger charge is 2.05. The average molecular weight is 407 g/mol. The van der Waals surface area contributed by atoms with Gasteiger partial charge >= 0.3 is 0 Å². The van der Waals surface area contributed by atoms with Gasteiger partial charge in [0, 0.05) is 8.04 Å². The summed E-state index contributed by atoms with van der Waals surface area (Å²) in [5.74, 6) is -0.314. The van der Waals surface area contributed by atoms with E-state index in [0.717, 1.165) is 8.04 Å². The lowest BCUT2D eigenvalue weighted by Crippen LogP contribution is -1.98. The molecule has 0 aliphatic carbocycles. The van der Waals surface area contributed by atoms with Crippen LogP contribution in [-0.2, 0) is 0 Å². The van der Waals surface area contributed by atoms with Crippen molar-refractivity contribution in [2.45, 2.75) is 0 Å². The summed E-state index contributed by atoms with van der Waals surface area (Å²) >= 11 is 5.48. The minimum atomic E-state index is -0.314. The third kappa shape index (κ3) is 3.10. The lowest BCUT2D eigenvalue weighted by atomic mass is 10.2. The van der Waals surface area contributed by atoms with Crippen molar-refractivity contribution in [1.82, 2.24) is 0 Å². The molecule has 0 fully saturated rings. The molecule has 0 radical (unpaired) electrons. The highest BCUT2D eigenvalue weighted by atomic mass is 127. The van der Waals surface area contributed by atoms with E-state index in [1.807, 2.05) is 18.2 Å². The summed E-state index contributed by atoms with van der Waals surface area (Å²) in [6, 6.07) is 10.3.